The first kappa shape index (κ1) is 17.8. The number of nitrogens with zero attached hydrogens (tertiary/aromatic N) is 4. The van der Waals surface area contributed by atoms with Gasteiger partial charge >= 0.3 is 0 Å². The molecule has 1 aromatic carbocycles. The van der Waals surface area contributed by atoms with Crippen LogP contribution in [0.3, 0.4) is 0 Å². The van der Waals surface area contributed by atoms with Gasteiger partial charge in [0, 0.05) is 37.7 Å². The number of anilines is 1. The van der Waals surface area contributed by atoms with Crippen LogP contribution < -0.4 is 9.64 Å². The minimum absolute atomic E-state index is 0.183. The number of rotatable bonds is 4. The summed E-state index contributed by atoms with van der Waals surface area (Å²) in [7, 11) is 0. The van der Waals surface area contributed by atoms with E-state index in [0.29, 0.717) is 11.8 Å². The Bertz CT molecular complexity index is 821. The fourth-order valence-electron chi connectivity index (χ4n) is 3.74. The summed E-state index contributed by atoms with van der Waals surface area (Å²) >= 11 is 0. The molecule has 0 unspecified atom stereocenters. The molecule has 2 fully saturated rings. The average molecular weight is 366 g/mol. The second-order valence-electron chi connectivity index (χ2n) is 7.59. The van der Waals surface area contributed by atoms with Gasteiger partial charge in [-0.2, -0.15) is 0 Å². The van der Waals surface area contributed by atoms with Gasteiger partial charge in [0.15, 0.2) is 0 Å². The van der Waals surface area contributed by atoms with Crippen LogP contribution in [0.5, 0.6) is 11.6 Å². The molecule has 142 valence electrons. The molecule has 1 aromatic heterocycles. The van der Waals surface area contributed by atoms with Gasteiger partial charge in [0.2, 0.25) is 11.8 Å². The van der Waals surface area contributed by atoms with Crippen LogP contribution in [0.25, 0.3) is 0 Å². The van der Waals surface area contributed by atoms with E-state index in [1.807, 2.05) is 42.2 Å². The lowest BCUT2D eigenvalue weighted by Crippen LogP contribution is -2.56. The Kier molecular flexibility index (Phi) is 4.97. The topological polar surface area (TPSA) is 58.6 Å². The van der Waals surface area contributed by atoms with Crippen molar-refractivity contribution in [2.75, 3.05) is 24.5 Å². The van der Waals surface area contributed by atoms with E-state index in [9.17, 15) is 4.79 Å². The molecule has 0 radical (unpaired) electrons. The highest BCUT2D eigenvalue weighted by atomic mass is 16.5. The molecule has 1 aliphatic carbocycles. The molecule has 1 saturated carbocycles. The van der Waals surface area contributed by atoms with Crippen molar-refractivity contribution in [2.45, 2.75) is 39.2 Å². The van der Waals surface area contributed by atoms with E-state index in [0.717, 1.165) is 49.6 Å². The first-order valence-corrected chi connectivity index (χ1v) is 9.72. The van der Waals surface area contributed by atoms with Crippen molar-refractivity contribution in [1.29, 1.82) is 0 Å². The van der Waals surface area contributed by atoms with E-state index in [2.05, 4.69) is 21.8 Å². The van der Waals surface area contributed by atoms with Gasteiger partial charge in [-0.15, -0.1) is 0 Å². The van der Waals surface area contributed by atoms with Crippen LogP contribution in [0.2, 0.25) is 0 Å². The summed E-state index contributed by atoms with van der Waals surface area (Å²) in [6, 6.07) is 9.95. The molecule has 0 spiro atoms. The van der Waals surface area contributed by atoms with Crippen molar-refractivity contribution in [3.63, 3.8) is 0 Å². The second kappa shape index (κ2) is 7.55. The average Bonchev–Trinajstić information content (AvgIpc) is 2.60. The largest absolute Gasteiger partial charge is 0.439 e. The van der Waals surface area contributed by atoms with E-state index >= 15 is 0 Å². The van der Waals surface area contributed by atoms with Gasteiger partial charge in [-0.05, 0) is 44.4 Å². The Morgan fingerprint density at radius 2 is 2.04 bits per heavy atom. The maximum Gasteiger partial charge on any atom is 0.226 e. The van der Waals surface area contributed by atoms with Gasteiger partial charge in [-0.1, -0.05) is 18.6 Å². The van der Waals surface area contributed by atoms with Crippen LogP contribution in [-0.2, 0) is 4.79 Å². The molecule has 2 aliphatic rings. The number of carbonyl (C=O) groups excluding carboxylic acids is 1. The lowest BCUT2D eigenvalue weighted by Gasteiger charge is -2.43. The monoisotopic (exact) mass is 366 g/mol. The van der Waals surface area contributed by atoms with E-state index in [4.69, 9.17) is 4.74 Å². The second-order valence-corrected chi connectivity index (χ2v) is 7.59. The first-order valence-electron chi connectivity index (χ1n) is 9.72. The van der Waals surface area contributed by atoms with Crippen molar-refractivity contribution in [2.24, 2.45) is 5.92 Å². The van der Waals surface area contributed by atoms with Crippen LogP contribution in [0.4, 0.5) is 5.82 Å². The normalized spacial score (nSPS) is 20.3. The number of amides is 1. The third-order valence-corrected chi connectivity index (χ3v) is 5.53. The number of piperazine rings is 1. The van der Waals surface area contributed by atoms with Crippen molar-refractivity contribution < 1.29 is 9.53 Å². The lowest BCUT2D eigenvalue weighted by molar-refractivity contribution is -0.140. The zero-order valence-electron chi connectivity index (χ0n) is 16.0. The molecular weight excluding hydrogens is 340 g/mol. The highest BCUT2D eigenvalue weighted by Gasteiger charge is 2.34. The Labute approximate surface area is 160 Å². The number of carbonyl (C=O) groups is 1. The standard InChI is InChI=1S/C21H26N4O2/c1-15-5-3-8-18(11-15)27-20-12-19(22-14-23-20)24-9-10-25(16(2)13-24)21(26)17-6-4-7-17/h3,5,8,11-12,14,16-17H,4,6-7,9-10,13H2,1-2H3/t16-/m0/s1. The predicted octanol–water partition coefficient (Wildman–Crippen LogP) is 3.41. The molecule has 6 heteroatoms. The molecule has 2 aromatic rings. The van der Waals surface area contributed by atoms with Crippen LogP contribution in [0, 0.1) is 12.8 Å². The number of aryl methyl sites for hydroxylation is 1. The maximum atomic E-state index is 12.6. The number of aromatic nitrogens is 2. The summed E-state index contributed by atoms with van der Waals surface area (Å²) in [5.41, 5.74) is 1.14. The third-order valence-electron chi connectivity index (χ3n) is 5.53. The summed E-state index contributed by atoms with van der Waals surface area (Å²) in [6.07, 6.45) is 4.83. The number of hydrogen-bond acceptors (Lipinski definition) is 5. The minimum atomic E-state index is 0.183. The first-order chi connectivity index (χ1) is 13.1. The molecule has 0 bridgehead atoms. The SMILES string of the molecule is Cc1cccc(Oc2cc(N3CCN(C(=O)C4CCC4)[C@@H](C)C3)ncn2)c1. The summed E-state index contributed by atoms with van der Waals surface area (Å²) in [5.74, 6) is 2.73. The predicted molar refractivity (Wildman–Crippen MR) is 104 cm³/mol. The van der Waals surface area contributed by atoms with Crippen LogP contribution in [-0.4, -0.2) is 46.5 Å². The van der Waals surface area contributed by atoms with Crippen molar-refractivity contribution >= 4 is 11.7 Å². The Balaban J connectivity index is 1.42. The molecule has 1 amide bonds. The van der Waals surface area contributed by atoms with Gasteiger partial charge in [0.1, 0.15) is 17.9 Å². The maximum absolute atomic E-state index is 12.6. The summed E-state index contributed by atoms with van der Waals surface area (Å²) < 4.78 is 5.89. The van der Waals surface area contributed by atoms with E-state index < -0.39 is 0 Å². The van der Waals surface area contributed by atoms with E-state index in [-0.39, 0.29) is 12.0 Å². The molecule has 1 atom stereocenters. The molecule has 4 rings (SSSR count). The molecule has 1 aliphatic heterocycles. The van der Waals surface area contributed by atoms with Gasteiger partial charge in [0.05, 0.1) is 0 Å². The lowest BCUT2D eigenvalue weighted by atomic mass is 9.84. The number of hydrogen-bond donors (Lipinski definition) is 0. The molecule has 27 heavy (non-hydrogen) atoms. The minimum Gasteiger partial charge on any atom is -0.439 e. The zero-order valence-corrected chi connectivity index (χ0v) is 16.0. The zero-order chi connectivity index (χ0) is 18.8. The molecule has 6 nitrogen and oxygen atoms in total. The Morgan fingerprint density at radius 1 is 1.19 bits per heavy atom. The number of ether oxygens (including phenoxy) is 1. The quantitative estimate of drug-likeness (QED) is 0.830. The molecule has 2 heterocycles. The smallest absolute Gasteiger partial charge is 0.226 e. The number of benzene rings is 1. The molecular formula is C21H26N4O2. The van der Waals surface area contributed by atoms with Crippen molar-refractivity contribution in [3.8, 4) is 11.6 Å². The van der Waals surface area contributed by atoms with E-state index in [1.54, 1.807) is 0 Å². The Hall–Kier alpha value is -2.63. The summed E-state index contributed by atoms with van der Waals surface area (Å²) in [4.78, 5) is 25.5. The van der Waals surface area contributed by atoms with Gasteiger partial charge in [-0.25, -0.2) is 9.97 Å². The fourth-order valence-corrected chi connectivity index (χ4v) is 3.74. The van der Waals surface area contributed by atoms with Gasteiger partial charge in [0.25, 0.3) is 0 Å². The summed E-state index contributed by atoms with van der Waals surface area (Å²) in [6.45, 7) is 6.45. The van der Waals surface area contributed by atoms with Crippen LogP contribution >= 0.6 is 0 Å². The fraction of sp³-hybridized carbons (Fsp3) is 0.476. The van der Waals surface area contributed by atoms with Gasteiger partial charge in [-0.3, -0.25) is 4.79 Å². The third kappa shape index (κ3) is 3.89. The molecule has 1 saturated heterocycles. The van der Waals surface area contributed by atoms with Crippen molar-refractivity contribution in [1.82, 2.24) is 14.9 Å². The van der Waals surface area contributed by atoms with Crippen molar-refractivity contribution in [3.05, 3.63) is 42.2 Å². The highest BCUT2D eigenvalue weighted by Crippen LogP contribution is 2.30. The highest BCUT2D eigenvalue weighted by molar-refractivity contribution is 5.80. The van der Waals surface area contributed by atoms with E-state index in [1.165, 1.54) is 12.7 Å². The van der Waals surface area contributed by atoms with Gasteiger partial charge < -0.3 is 14.5 Å². The Morgan fingerprint density at radius 3 is 2.74 bits per heavy atom. The molecule has 0 N–H and O–H groups in total. The van der Waals surface area contributed by atoms with Crippen LogP contribution in [0.1, 0.15) is 31.7 Å². The summed E-state index contributed by atoms with van der Waals surface area (Å²) in [5, 5.41) is 0. The van der Waals surface area contributed by atoms with Crippen LogP contribution in [0.15, 0.2) is 36.7 Å².